The Morgan fingerprint density at radius 1 is 1.21 bits per heavy atom. The Bertz CT molecular complexity index is 636. The van der Waals surface area contributed by atoms with Crippen molar-refractivity contribution in [3.63, 3.8) is 0 Å². The molecule has 2 rings (SSSR count). The summed E-state index contributed by atoms with van der Waals surface area (Å²) in [6.45, 7) is 9.60. The Balaban J connectivity index is 2.05. The molecular formula is C20H32O3S. The summed E-state index contributed by atoms with van der Waals surface area (Å²) in [5.74, 6) is 1.56. The zero-order valence-electron chi connectivity index (χ0n) is 15.7. The van der Waals surface area contributed by atoms with Crippen LogP contribution in [-0.2, 0) is 14.6 Å². The molecule has 0 aromatic rings. The van der Waals surface area contributed by atoms with Gasteiger partial charge in [0.1, 0.15) is 5.78 Å². The van der Waals surface area contributed by atoms with Crippen molar-refractivity contribution in [2.24, 2.45) is 23.2 Å². The van der Waals surface area contributed by atoms with Crippen molar-refractivity contribution in [3.8, 4) is 0 Å². The summed E-state index contributed by atoms with van der Waals surface area (Å²) in [5, 5.41) is 1.31. The molecule has 2 saturated carbocycles. The molecule has 4 heteroatoms. The van der Waals surface area contributed by atoms with E-state index < -0.39 is 14.6 Å². The van der Waals surface area contributed by atoms with Crippen LogP contribution < -0.4 is 0 Å². The first-order valence-corrected chi connectivity index (χ1v) is 10.7. The maximum absolute atomic E-state index is 12.2. The Kier molecular flexibility index (Phi) is 5.49. The summed E-state index contributed by atoms with van der Waals surface area (Å²) in [5.41, 5.74) is 0.125. The Hall–Kier alpha value is -0.900. The molecule has 4 unspecified atom stereocenters. The molecule has 0 aliphatic heterocycles. The first-order valence-electron chi connectivity index (χ1n) is 9.11. The monoisotopic (exact) mass is 352 g/mol. The van der Waals surface area contributed by atoms with E-state index >= 15 is 0 Å². The fourth-order valence-corrected chi connectivity index (χ4v) is 5.27. The van der Waals surface area contributed by atoms with E-state index in [1.807, 2.05) is 6.08 Å². The summed E-state index contributed by atoms with van der Waals surface area (Å²) >= 11 is 0. The first kappa shape index (κ1) is 19.4. The number of hydrogen-bond acceptors (Lipinski definition) is 3. The van der Waals surface area contributed by atoms with E-state index in [-0.39, 0.29) is 11.3 Å². The van der Waals surface area contributed by atoms with Gasteiger partial charge in [0.15, 0.2) is 9.84 Å². The second-order valence-electron chi connectivity index (χ2n) is 8.79. The van der Waals surface area contributed by atoms with Gasteiger partial charge in [-0.15, -0.1) is 0 Å². The lowest BCUT2D eigenvalue weighted by Gasteiger charge is -2.41. The number of hydrogen-bond donors (Lipinski definition) is 0. The van der Waals surface area contributed by atoms with Crippen LogP contribution in [0.3, 0.4) is 0 Å². The van der Waals surface area contributed by atoms with Gasteiger partial charge in [-0.1, -0.05) is 32.1 Å². The molecule has 3 nitrogen and oxygen atoms in total. The number of allylic oxidation sites excluding steroid dienone is 3. The fraction of sp³-hybridized carbons (Fsp3) is 0.750. The van der Waals surface area contributed by atoms with Gasteiger partial charge in [0, 0.05) is 17.7 Å². The van der Waals surface area contributed by atoms with E-state index in [0.717, 1.165) is 32.1 Å². The molecule has 2 aliphatic carbocycles. The number of ketones is 1. The van der Waals surface area contributed by atoms with Crippen LogP contribution in [0.25, 0.3) is 0 Å². The van der Waals surface area contributed by atoms with Crippen molar-refractivity contribution in [2.75, 3.05) is 0 Å². The summed E-state index contributed by atoms with van der Waals surface area (Å²) < 4.78 is 23.4. The van der Waals surface area contributed by atoms with Gasteiger partial charge in [-0.2, -0.15) is 0 Å². The third kappa shape index (κ3) is 3.68. The molecule has 0 heterocycles. The molecule has 136 valence electrons. The molecule has 24 heavy (non-hydrogen) atoms. The van der Waals surface area contributed by atoms with Gasteiger partial charge in [0.2, 0.25) is 0 Å². The van der Waals surface area contributed by atoms with Crippen molar-refractivity contribution in [1.29, 1.82) is 0 Å². The van der Waals surface area contributed by atoms with Crippen LogP contribution in [0, 0.1) is 23.2 Å². The van der Waals surface area contributed by atoms with Crippen LogP contribution in [0.4, 0.5) is 0 Å². The molecule has 0 bridgehead atoms. The lowest BCUT2D eigenvalue weighted by Crippen LogP contribution is -2.39. The van der Waals surface area contributed by atoms with Crippen LogP contribution in [0.2, 0.25) is 0 Å². The van der Waals surface area contributed by atoms with Crippen LogP contribution in [0.15, 0.2) is 23.6 Å². The van der Waals surface area contributed by atoms with E-state index in [1.165, 1.54) is 5.41 Å². The third-order valence-electron chi connectivity index (χ3n) is 6.21. The largest absolute Gasteiger partial charge is 0.299 e. The van der Waals surface area contributed by atoms with Crippen LogP contribution >= 0.6 is 0 Å². The van der Waals surface area contributed by atoms with Crippen molar-refractivity contribution in [3.05, 3.63) is 23.6 Å². The standard InChI is InChI=1S/C20H32O3S/c1-15(9-6-7-14-24(22,23)19(2,3)4)16-11-12-17-18(21)10-8-13-20(16,17)5/h6-7,9,14-17H,8,10-13H2,1-5H3/b9-6+,14-7+. The van der Waals surface area contributed by atoms with Gasteiger partial charge in [-0.25, -0.2) is 8.42 Å². The third-order valence-corrected chi connectivity index (χ3v) is 8.43. The average Bonchev–Trinajstić information content (AvgIpc) is 2.81. The van der Waals surface area contributed by atoms with E-state index in [1.54, 1.807) is 26.8 Å². The Morgan fingerprint density at radius 3 is 2.50 bits per heavy atom. The minimum atomic E-state index is -3.23. The zero-order valence-corrected chi connectivity index (χ0v) is 16.5. The number of carbonyl (C=O) groups excluding carboxylic acids is 1. The number of carbonyl (C=O) groups is 1. The summed E-state index contributed by atoms with van der Waals surface area (Å²) in [6, 6.07) is 0. The maximum Gasteiger partial charge on any atom is 0.176 e. The quantitative estimate of drug-likeness (QED) is 0.690. The van der Waals surface area contributed by atoms with Gasteiger partial charge in [0.05, 0.1) is 4.75 Å². The molecule has 2 aliphatic rings. The number of sulfone groups is 1. The van der Waals surface area contributed by atoms with Crippen LogP contribution in [0.1, 0.15) is 66.7 Å². The molecule has 0 saturated heterocycles. The van der Waals surface area contributed by atoms with Gasteiger partial charge in [-0.3, -0.25) is 4.79 Å². The SMILES string of the molecule is CC(/C=C/C=C/S(=O)(=O)C(C)(C)C)C1CCC2C(=O)CCCC21C. The second kappa shape index (κ2) is 6.78. The number of Topliss-reactive ketones (excluding diaryl/α,β-unsaturated/α-hetero) is 1. The van der Waals surface area contributed by atoms with Gasteiger partial charge < -0.3 is 0 Å². The predicted molar refractivity (Wildman–Crippen MR) is 99.3 cm³/mol. The second-order valence-corrected chi connectivity index (χ2v) is 11.4. The highest BCUT2D eigenvalue weighted by molar-refractivity contribution is 7.95. The predicted octanol–water partition coefficient (Wildman–Crippen LogP) is 4.69. The lowest BCUT2D eigenvalue weighted by molar-refractivity contribution is -0.129. The molecule has 0 N–H and O–H groups in total. The van der Waals surface area contributed by atoms with E-state index in [9.17, 15) is 13.2 Å². The molecule has 0 aromatic heterocycles. The van der Waals surface area contributed by atoms with E-state index in [0.29, 0.717) is 17.6 Å². The molecular weight excluding hydrogens is 320 g/mol. The normalized spacial score (nSPS) is 33.3. The van der Waals surface area contributed by atoms with Gasteiger partial charge in [-0.05, 0) is 63.7 Å². The van der Waals surface area contributed by atoms with Crippen molar-refractivity contribution in [2.45, 2.75) is 71.5 Å². The topological polar surface area (TPSA) is 51.2 Å². The highest BCUT2D eigenvalue weighted by atomic mass is 32.2. The van der Waals surface area contributed by atoms with Crippen LogP contribution in [-0.4, -0.2) is 18.9 Å². The lowest BCUT2D eigenvalue weighted by atomic mass is 9.62. The van der Waals surface area contributed by atoms with Gasteiger partial charge >= 0.3 is 0 Å². The average molecular weight is 353 g/mol. The van der Waals surface area contributed by atoms with Crippen molar-refractivity contribution >= 4 is 15.6 Å². The van der Waals surface area contributed by atoms with Gasteiger partial charge in [0.25, 0.3) is 0 Å². The molecule has 0 radical (unpaired) electrons. The summed E-state index contributed by atoms with van der Waals surface area (Å²) in [7, 11) is -3.23. The first-order chi connectivity index (χ1) is 11.0. The minimum Gasteiger partial charge on any atom is -0.299 e. The molecule has 2 fully saturated rings. The zero-order chi connectivity index (χ0) is 18.2. The number of rotatable bonds is 4. The smallest absolute Gasteiger partial charge is 0.176 e. The van der Waals surface area contributed by atoms with Crippen LogP contribution in [0.5, 0.6) is 0 Å². The molecule has 0 spiro atoms. The summed E-state index contributed by atoms with van der Waals surface area (Å²) in [4.78, 5) is 12.2. The van der Waals surface area contributed by atoms with Crippen molar-refractivity contribution < 1.29 is 13.2 Å². The fourth-order valence-electron chi connectivity index (χ4n) is 4.56. The minimum absolute atomic E-state index is 0.125. The van der Waals surface area contributed by atoms with E-state index in [2.05, 4.69) is 19.9 Å². The summed E-state index contributed by atoms with van der Waals surface area (Å²) in [6.07, 6.45) is 10.6. The molecule has 0 amide bonds. The molecule has 4 atom stereocenters. The highest BCUT2D eigenvalue weighted by Gasteiger charge is 2.51. The molecule has 0 aromatic carbocycles. The Labute approximate surface area is 147 Å². The number of fused-ring (bicyclic) bond motifs is 1. The van der Waals surface area contributed by atoms with Crippen molar-refractivity contribution in [1.82, 2.24) is 0 Å². The maximum atomic E-state index is 12.2. The van der Waals surface area contributed by atoms with E-state index in [4.69, 9.17) is 0 Å². The highest BCUT2D eigenvalue weighted by Crippen LogP contribution is 2.56. The Morgan fingerprint density at radius 2 is 1.88 bits per heavy atom.